The Hall–Kier alpha value is -3.57. The Morgan fingerprint density at radius 3 is 2.64 bits per heavy atom. The molecule has 0 radical (unpaired) electrons. The number of thiophene rings is 1. The highest BCUT2D eigenvalue weighted by atomic mass is 32.1. The van der Waals surface area contributed by atoms with Gasteiger partial charge in [-0.2, -0.15) is 5.26 Å². The van der Waals surface area contributed by atoms with Crippen LogP contribution in [0.5, 0.6) is 0 Å². The molecule has 166 valence electrons. The van der Waals surface area contributed by atoms with Crippen LogP contribution >= 0.6 is 11.3 Å². The normalized spacial score (nSPS) is 22.1. The summed E-state index contributed by atoms with van der Waals surface area (Å²) >= 11 is 1.31. The fraction of sp³-hybridized carbons (Fsp3) is 0.320. The maximum absolute atomic E-state index is 13.4. The highest BCUT2D eigenvalue weighted by molar-refractivity contribution is 7.12. The van der Waals surface area contributed by atoms with Crippen molar-refractivity contribution in [2.45, 2.75) is 37.5 Å². The number of hydrogen-bond donors (Lipinski definition) is 0. The number of benzene rings is 1. The molecule has 1 aromatic carbocycles. The van der Waals surface area contributed by atoms with Crippen LogP contribution in [-0.4, -0.2) is 51.6 Å². The molecule has 3 aromatic rings. The van der Waals surface area contributed by atoms with E-state index in [9.17, 15) is 14.9 Å². The van der Waals surface area contributed by atoms with Gasteiger partial charge in [-0.1, -0.05) is 24.3 Å². The lowest BCUT2D eigenvalue weighted by Gasteiger charge is -2.37. The summed E-state index contributed by atoms with van der Waals surface area (Å²) in [5.41, 5.74) is 3.58. The zero-order valence-electron chi connectivity index (χ0n) is 17.9. The molecule has 2 atom stereocenters. The second-order valence-corrected chi connectivity index (χ2v) is 9.61. The third kappa shape index (κ3) is 3.15. The van der Waals surface area contributed by atoms with Crippen molar-refractivity contribution in [3.8, 4) is 11.8 Å². The number of fused-ring (bicyclic) bond motifs is 3. The number of carbonyl (C=O) groups is 2. The molecule has 2 aromatic heterocycles. The van der Waals surface area contributed by atoms with Crippen molar-refractivity contribution < 1.29 is 14.3 Å². The quantitative estimate of drug-likeness (QED) is 0.591. The molecule has 0 saturated carbocycles. The molecule has 2 amide bonds. The van der Waals surface area contributed by atoms with E-state index in [0.717, 1.165) is 6.42 Å². The van der Waals surface area contributed by atoms with Crippen LogP contribution in [0.25, 0.3) is 5.69 Å². The molecule has 2 fully saturated rings. The van der Waals surface area contributed by atoms with Gasteiger partial charge in [0.15, 0.2) is 0 Å². The lowest BCUT2D eigenvalue weighted by atomic mass is 9.99. The van der Waals surface area contributed by atoms with Crippen LogP contribution in [0.15, 0.2) is 54.2 Å². The molecule has 3 aliphatic rings. The van der Waals surface area contributed by atoms with E-state index in [1.165, 1.54) is 22.5 Å². The van der Waals surface area contributed by atoms with E-state index in [2.05, 4.69) is 18.2 Å². The topological polar surface area (TPSA) is 78.6 Å². The number of rotatable bonds is 3. The molecule has 7 nitrogen and oxygen atoms in total. The summed E-state index contributed by atoms with van der Waals surface area (Å²) in [5, 5.41) is 11.3. The summed E-state index contributed by atoms with van der Waals surface area (Å²) in [4.78, 5) is 30.5. The van der Waals surface area contributed by atoms with Crippen molar-refractivity contribution in [1.82, 2.24) is 14.4 Å². The van der Waals surface area contributed by atoms with Crippen molar-refractivity contribution in [2.24, 2.45) is 0 Å². The van der Waals surface area contributed by atoms with E-state index in [0.29, 0.717) is 42.1 Å². The fourth-order valence-corrected chi connectivity index (χ4v) is 6.42. The average molecular weight is 459 g/mol. The van der Waals surface area contributed by atoms with Crippen molar-refractivity contribution in [1.29, 1.82) is 5.26 Å². The maximum Gasteiger partial charge on any atom is 0.411 e. The van der Waals surface area contributed by atoms with Crippen LogP contribution in [0, 0.1) is 11.3 Å². The number of piperidine rings is 1. The van der Waals surface area contributed by atoms with Crippen molar-refractivity contribution in [2.75, 3.05) is 13.1 Å². The number of ether oxygens (including phenoxy) is 1. The van der Waals surface area contributed by atoms with Gasteiger partial charge in [0.25, 0.3) is 5.91 Å². The van der Waals surface area contributed by atoms with Crippen molar-refractivity contribution in [3.63, 3.8) is 0 Å². The van der Waals surface area contributed by atoms with Gasteiger partial charge in [-0.25, -0.2) is 4.79 Å². The smallest absolute Gasteiger partial charge is 0.411 e. The van der Waals surface area contributed by atoms with Crippen LogP contribution in [0.2, 0.25) is 0 Å². The Morgan fingerprint density at radius 2 is 1.88 bits per heavy atom. The van der Waals surface area contributed by atoms with Crippen molar-refractivity contribution in [3.05, 3.63) is 75.7 Å². The lowest BCUT2D eigenvalue weighted by Crippen LogP contribution is -2.47. The molecule has 2 aliphatic heterocycles. The lowest BCUT2D eigenvalue weighted by molar-refractivity contribution is 0.0640. The van der Waals surface area contributed by atoms with Crippen molar-refractivity contribution >= 4 is 23.3 Å². The second kappa shape index (κ2) is 7.78. The molecule has 0 bridgehead atoms. The standard InChI is InChI=1S/C25H22N4O3S/c26-14-17-15-33-23(21(17)27-9-3-4-10-27)24(30)28-11-7-18(8-12-28)29-22-19-6-2-1-5-16(19)13-20(22)32-25(29)31/h1-6,9-10,15,18,20,22H,7-8,11-13H2. The summed E-state index contributed by atoms with van der Waals surface area (Å²) in [6.45, 7) is 1.13. The predicted octanol–water partition coefficient (Wildman–Crippen LogP) is 4.13. The predicted molar refractivity (Wildman–Crippen MR) is 122 cm³/mol. The summed E-state index contributed by atoms with van der Waals surface area (Å²) in [6, 6.07) is 14.2. The van der Waals surface area contributed by atoms with Gasteiger partial charge < -0.3 is 14.2 Å². The molecule has 33 heavy (non-hydrogen) atoms. The van der Waals surface area contributed by atoms with Gasteiger partial charge in [-0.05, 0) is 36.1 Å². The van der Waals surface area contributed by atoms with Gasteiger partial charge in [0.05, 0.1) is 17.3 Å². The van der Waals surface area contributed by atoms with E-state index in [-0.39, 0.29) is 30.2 Å². The third-order valence-corrected chi connectivity index (χ3v) is 7.95. The van der Waals surface area contributed by atoms with Crippen LogP contribution in [0.1, 0.15) is 45.2 Å². The molecular weight excluding hydrogens is 436 g/mol. The van der Waals surface area contributed by atoms with Crippen LogP contribution in [0.3, 0.4) is 0 Å². The molecule has 2 unspecified atom stereocenters. The zero-order chi connectivity index (χ0) is 22.5. The summed E-state index contributed by atoms with van der Waals surface area (Å²) < 4.78 is 7.55. The number of likely N-dealkylation sites (tertiary alicyclic amines) is 1. The Labute approximate surface area is 195 Å². The number of amides is 2. The largest absolute Gasteiger partial charge is 0.443 e. The Kier molecular flexibility index (Phi) is 4.73. The molecular formula is C25H22N4O3S. The fourth-order valence-electron chi connectivity index (χ4n) is 5.47. The van der Waals surface area contributed by atoms with Gasteiger partial charge in [-0.3, -0.25) is 9.69 Å². The molecule has 0 spiro atoms. The van der Waals surface area contributed by atoms with E-state index < -0.39 is 0 Å². The van der Waals surface area contributed by atoms with Gasteiger partial charge in [0.1, 0.15) is 17.1 Å². The minimum absolute atomic E-state index is 0.0308. The second-order valence-electron chi connectivity index (χ2n) is 8.73. The van der Waals surface area contributed by atoms with Gasteiger partial charge in [-0.15, -0.1) is 11.3 Å². The zero-order valence-corrected chi connectivity index (χ0v) is 18.7. The molecule has 8 heteroatoms. The summed E-state index contributed by atoms with van der Waals surface area (Å²) in [6.07, 6.45) is 5.53. The summed E-state index contributed by atoms with van der Waals surface area (Å²) in [7, 11) is 0. The van der Waals surface area contributed by atoms with Crippen LogP contribution < -0.4 is 0 Å². The summed E-state index contributed by atoms with van der Waals surface area (Å²) in [5.74, 6) is -0.0586. The average Bonchev–Trinajstić information content (AvgIpc) is 3.61. The SMILES string of the molecule is N#Cc1csc(C(=O)N2CCC(N3C(=O)OC4Cc5ccccc5C43)CC2)c1-n1cccc1. The minimum atomic E-state index is -0.240. The molecule has 1 aliphatic carbocycles. The van der Waals surface area contributed by atoms with Crippen LogP contribution in [0.4, 0.5) is 4.79 Å². The Morgan fingerprint density at radius 1 is 1.12 bits per heavy atom. The van der Waals surface area contributed by atoms with E-state index >= 15 is 0 Å². The van der Waals surface area contributed by atoms with Crippen LogP contribution in [-0.2, 0) is 11.2 Å². The molecule has 4 heterocycles. The first-order valence-corrected chi connectivity index (χ1v) is 12.0. The highest BCUT2D eigenvalue weighted by Crippen LogP contribution is 2.44. The third-order valence-electron chi connectivity index (χ3n) is 7.00. The molecule has 6 rings (SSSR count). The minimum Gasteiger partial charge on any atom is -0.443 e. The number of hydrogen-bond acceptors (Lipinski definition) is 5. The van der Waals surface area contributed by atoms with E-state index in [1.54, 1.807) is 5.38 Å². The first-order chi connectivity index (χ1) is 16.2. The molecule has 2 saturated heterocycles. The Balaban J connectivity index is 1.20. The first-order valence-electron chi connectivity index (χ1n) is 11.2. The molecule has 0 N–H and O–H groups in total. The first kappa shape index (κ1) is 20.1. The van der Waals surface area contributed by atoms with Gasteiger partial charge in [0.2, 0.25) is 0 Å². The monoisotopic (exact) mass is 458 g/mol. The maximum atomic E-state index is 13.4. The highest BCUT2D eigenvalue weighted by Gasteiger charge is 2.50. The number of nitrogens with zero attached hydrogens (tertiary/aromatic N) is 4. The Bertz CT molecular complexity index is 1270. The van der Waals surface area contributed by atoms with E-state index in [4.69, 9.17) is 4.74 Å². The van der Waals surface area contributed by atoms with Gasteiger partial charge >= 0.3 is 6.09 Å². The van der Waals surface area contributed by atoms with Gasteiger partial charge in [0, 0.05) is 43.3 Å². The number of aromatic nitrogens is 1. The number of carbonyl (C=O) groups excluding carboxylic acids is 2. The van der Waals surface area contributed by atoms with E-state index in [1.807, 2.05) is 51.0 Å². The number of nitriles is 1.